The molecular formula is C17H21NO2S. The highest BCUT2D eigenvalue weighted by Crippen LogP contribution is 2.20. The SMILES string of the molecule is CCc1ccc(COc2ccc(CC/C(C)=N/O)cc2)s1. The number of hydrogen-bond acceptors (Lipinski definition) is 4. The molecule has 2 rings (SSSR count). The highest BCUT2D eigenvalue weighted by atomic mass is 32.1. The van der Waals surface area contributed by atoms with E-state index in [1.807, 2.05) is 30.4 Å². The number of rotatable bonds is 7. The van der Waals surface area contributed by atoms with Crippen molar-refractivity contribution in [2.75, 3.05) is 0 Å². The molecule has 0 amide bonds. The third-order valence-corrected chi connectivity index (χ3v) is 4.52. The molecule has 0 aliphatic rings. The average molecular weight is 303 g/mol. The summed E-state index contributed by atoms with van der Waals surface area (Å²) in [4.78, 5) is 2.65. The Morgan fingerprint density at radius 2 is 1.86 bits per heavy atom. The molecule has 1 heterocycles. The molecule has 1 aromatic heterocycles. The van der Waals surface area contributed by atoms with Crippen molar-refractivity contribution >= 4 is 17.0 Å². The van der Waals surface area contributed by atoms with E-state index >= 15 is 0 Å². The van der Waals surface area contributed by atoms with E-state index in [1.54, 1.807) is 0 Å². The van der Waals surface area contributed by atoms with E-state index < -0.39 is 0 Å². The number of nitrogens with zero attached hydrogens (tertiary/aromatic N) is 1. The summed E-state index contributed by atoms with van der Waals surface area (Å²) in [6, 6.07) is 12.4. The van der Waals surface area contributed by atoms with Crippen molar-refractivity contribution in [2.24, 2.45) is 5.16 Å². The summed E-state index contributed by atoms with van der Waals surface area (Å²) in [5, 5.41) is 11.8. The van der Waals surface area contributed by atoms with E-state index in [9.17, 15) is 0 Å². The zero-order valence-corrected chi connectivity index (χ0v) is 13.3. The predicted octanol–water partition coefficient (Wildman–Crippen LogP) is 4.67. The van der Waals surface area contributed by atoms with E-state index in [0.29, 0.717) is 6.61 Å². The molecule has 2 aromatic rings. The van der Waals surface area contributed by atoms with Crippen LogP contribution >= 0.6 is 11.3 Å². The summed E-state index contributed by atoms with van der Waals surface area (Å²) in [6.45, 7) is 4.61. The number of oxime groups is 1. The standard InChI is InChI=1S/C17H21NO2S/c1-3-16-10-11-17(21-16)12-20-15-8-6-14(7-9-15)5-4-13(2)18-19/h6-11,19H,3-5,12H2,1-2H3/b18-13+. The van der Waals surface area contributed by atoms with Crippen molar-refractivity contribution < 1.29 is 9.94 Å². The second-order valence-corrected chi connectivity index (χ2v) is 6.24. The van der Waals surface area contributed by atoms with Crippen LogP contribution in [0.2, 0.25) is 0 Å². The van der Waals surface area contributed by atoms with Crippen LogP contribution in [0.4, 0.5) is 0 Å². The summed E-state index contributed by atoms with van der Waals surface area (Å²) >= 11 is 1.81. The average Bonchev–Trinajstić information content (AvgIpc) is 2.99. The molecule has 0 bridgehead atoms. The zero-order chi connectivity index (χ0) is 15.1. The van der Waals surface area contributed by atoms with Gasteiger partial charge in [-0.2, -0.15) is 0 Å². The van der Waals surface area contributed by atoms with Gasteiger partial charge in [0.25, 0.3) is 0 Å². The van der Waals surface area contributed by atoms with Gasteiger partial charge in [-0.15, -0.1) is 11.3 Å². The lowest BCUT2D eigenvalue weighted by molar-refractivity contribution is 0.309. The monoisotopic (exact) mass is 303 g/mol. The summed E-state index contributed by atoms with van der Waals surface area (Å²) in [5.41, 5.74) is 1.97. The lowest BCUT2D eigenvalue weighted by Gasteiger charge is -2.06. The van der Waals surface area contributed by atoms with Crippen molar-refractivity contribution in [3.63, 3.8) is 0 Å². The Morgan fingerprint density at radius 3 is 2.48 bits per heavy atom. The van der Waals surface area contributed by atoms with Gasteiger partial charge in [0.05, 0.1) is 5.71 Å². The number of ether oxygens (including phenoxy) is 1. The minimum atomic E-state index is 0.625. The number of aryl methyl sites for hydroxylation is 2. The molecule has 1 aromatic carbocycles. The first-order chi connectivity index (χ1) is 10.2. The quantitative estimate of drug-likeness (QED) is 0.459. The molecule has 21 heavy (non-hydrogen) atoms. The van der Waals surface area contributed by atoms with Gasteiger partial charge in [-0.3, -0.25) is 0 Å². The second-order valence-electron chi connectivity index (χ2n) is 4.99. The summed E-state index contributed by atoms with van der Waals surface area (Å²) < 4.78 is 5.80. The summed E-state index contributed by atoms with van der Waals surface area (Å²) in [5.74, 6) is 0.887. The Kier molecular flexibility index (Phi) is 5.81. The van der Waals surface area contributed by atoms with Crippen LogP contribution in [0.1, 0.15) is 35.6 Å². The first-order valence-corrected chi connectivity index (χ1v) is 7.99. The van der Waals surface area contributed by atoms with Gasteiger partial charge in [0, 0.05) is 9.75 Å². The zero-order valence-electron chi connectivity index (χ0n) is 12.5. The number of benzene rings is 1. The molecule has 0 fully saturated rings. The van der Waals surface area contributed by atoms with Gasteiger partial charge in [0.2, 0.25) is 0 Å². The minimum Gasteiger partial charge on any atom is -0.488 e. The normalized spacial score (nSPS) is 11.6. The fraction of sp³-hybridized carbons (Fsp3) is 0.353. The van der Waals surface area contributed by atoms with Crippen LogP contribution in [0, 0.1) is 0 Å². The maximum Gasteiger partial charge on any atom is 0.122 e. The lowest BCUT2D eigenvalue weighted by Crippen LogP contribution is -1.96. The Hall–Kier alpha value is -1.81. The van der Waals surface area contributed by atoms with E-state index in [0.717, 1.165) is 30.7 Å². The van der Waals surface area contributed by atoms with Gasteiger partial charge in [0.15, 0.2) is 0 Å². The third-order valence-electron chi connectivity index (χ3n) is 3.32. The second kappa shape index (κ2) is 7.84. The number of thiophene rings is 1. The minimum absolute atomic E-state index is 0.625. The van der Waals surface area contributed by atoms with Crippen LogP contribution in [0.5, 0.6) is 5.75 Å². The highest BCUT2D eigenvalue weighted by Gasteiger charge is 2.01. The van der Waals surface area contributed by atoms with Gasteiger partial charge >= 0.3 is 0 Å². The van der Waals surface area contributed by atoms with Crippen molar-refractivity contribution in [1.82, 2.24) is 0 Å². The molecule has 0 radical (unpaired) electrons. The molecule has 1 N–H and O–H groups in total. The molecule has 112 valence electrons. The van der Waals surface area contributed by atoms with Crippen molar-refractivity contribution in [1.29, 1.82) is 0 Å². The van der Waals surface area contributed by atoms with E-state index in [-0.39, 0.29) is 0 Å². The van der Waals surface area contributed by atoms with Crippen molar-refractivity contribution in [3.05, 3.63) is 51.7 Å². The first kappa shape index (κ1) is 15.6. The Bertz CT molecular complexity index is 587. The molecule has 0 saturated heterocycles. The van der Waals surface area contributed by atoms with Crippen molar-refractivity contribution in [3.8, 4) is 5.75 Å². The summed E-state index contributed by atoms with van der Waals surface area (Å²) in [6.07, 6.45) is 2.72. The van der Waals surface area contributed by atoms with E-state index in [2.05, 4.69) is 36.3 Å². The Morgan fingerprint density at radius 1 is 1.14 bits per heavy atom. The van der Waals surface area contributed by atoms with Crippen LogP contribution in [0.15, 0.2) is 41.6 Å². The Balaban J connectivity index is 1.84. The smallest absolute Gasteiger partial charge is 0.122 e. The molecule has 0 aliphatic carbocycles. The third kappa shape index (κ3) is 4.90. The maximum atomic E-state index is 8.62. The number of hydrogen-bond donors (Lipinski definition) is 1. The van der Waals surface area contributed by atoms with Crippen LogP contribution in [0.3, 0.4) is 0 Å². The van der Waals surface area contributed by atoms with Crippen LogP contribution in [0.25, 0.3) is 0 Å². The van der Waals surface area contributed by atoms with Gasteiger partial charge in [-0.25, -0.2) is 0 Å². The highest BCUT2D eigenvalue weighted by molar-refractivity contribution is 7.11. The van der Waals surface area contributed by atoms with Crippen LogP contribution in [-0.4, -0.2) is 10.9 Å². The van der Waals surface area contributed by atoms with Gasteiger partial charge < -0.3 is 9.94 Å². The molecule has 0 saturated carbocycles. The molecule has 0 unspecified atom stereocenters. The fourth-order valence-electron chi connectivity index (χ4n) is 1.97. The molecule has 0 atom stereocenters. The molecular weight excluding hydrogens is 282 g/mol. The summed E-state index contributed by atoms with van der Waals surface area (Å²) in [7, 11) is 0. The maximum absolute atomic E-state index is 8.62. The fourth-order valence-corrected chi connectivity index (χ4v) is 2.84. The van der Waals surface area contributed by atoms with Crippen LogP contribution in [-0.2, 0) is 19.4 Å². The molecule has 3 nitrogen and oxygen atoms in total. The van der Waals surface area contributed by atoms with Crippen LogP contribution < -0.4 is 4.74 Å². The Labute approximate surface area is 129 Å². The van der Waals surface area contributed by atoms with E-state index in [1.165, 1.54) is 15.3 Å². The molecule has 0 aliphatic heterocycles. The molecule has 4 heteroatoms. The lowest BCUT2D eigenvalue weighted by atomic mass is 10.1. The first-order valence-electron chi connectivity index (χ1n) is 7.18. The topological polar surface area (TPSA) is 41.8 Å². The largest absolute Gasteiger partial charge is 0.488 e. The van der Waals surface area contributed by atoms with Gasteiger partial charge in [-0.1, -0.05) is 24.2 Å². The van der Waals surface area contributed by atoms with Gasteiger partial charge in [-0.05, 0) is 56.0 Å². The van der Waals surface area contributed by atoms with E-state index in [4.69, 9.17) is 9.94 Å². The van der Waals surface area contributed by atoms with Crippen molar-refractivity contribution in [2.45, 2.75) is 39.7 Å². The van der Waals surface area contributed by atoms with Gasteiger partial charge in [0.1, 0.15) is 12.4 Å². The predicted molar refractivity (Wildman–Crippen MR) is 87.7 cm³/mol. The molecule has 0 spiro atoms.